The van der Waals surface area contributed by atoms with E-state index >= 15 is 0 Å². The molecular weight excluding hydrogens is 272 g/mol. The third-order valence-corrected chi connectivity index (χ3v) is 4.62. The molecule has 6 heteroatoms. The molecule has 2 unspecified atom stereocenters. The minimum atomic E-state index is 0.00595. The Labute approximate surface area is 125 Å². The lowest BCUT2D eigenvalue weighted by atomic mass is 9.89. The van der Waals surface area contributed by atoms with Crippen LogP contribution in [-0.2, 0) is 10.2 Å². The van der Waals surface area contributed by atoms with Gasteiger partial charge in [0.25, 0.3) is 0 Å². The van der Waals surface area contributed by atoms with Gasteiger partial charge in [0.05, 0.1) is 22.7 Å². The minimum Gasteiger partial charge on any atom is -0.378 e. The maximum Gasteiger partial charge on any atom is 0.0857 e. The van der Waals surface area contributed by atoms with Gasteiger partial charge in [-0.2, -0.15) is 0 Å². The summed E-state index contributed by atoms with van der Waals surface area (Å²) in [5.74, 6) is 5.74. The molecule has 1 aromatic heterocycles. The molecule has 2 heterocycles. The van der Waals surface area contributed by atoms with Crippen molar-refractivity contribution in [1.82, 2.24) is 15.0 Å². The van der Waals surface area contributed by atoms with Gasteiger partial charge in [-0.3, -0.25) is 11.3 Å². The number of nitrogens with zero attached hydrogens (tertiary/aromatic N) is 2. The van der Waals surface area contributed by atoms with Crippen molar-refractivity contribution in [3.8, 4) is 0 Å². The van der Waals surface area contributed by atoms with Gasteiger partial charge in [-0.1, -0.05) is 25.3 Å². The minimum absolute atomic E-state index is 0.00595. The van der Waals surface area contributed by atoms with Crippen molar-refractivity contribution >= 4 is 11.5 Å². The lowest BCUT2D eigenvalue weighted by molar-refractivity contribution is 0.101. The number of hydrogen-bond donors (Lipinski definition) is 2. The van der Waals surface area contributed by atoms with E-state index in [9.17, 15) is 0 Å². The number of nitrogens with one attached hydrogen (secondary N) is 1. The van der Waals surface area contributed by atoms with Gasteiger partial charge < -0.3 is 4.74 Å². The first-order chi connectivity index (χ1) is 9.52. The first kappa shape index (κ1) is 15.8. The van der Waals surface area contributed by atoms with Crippen molar-refractivity contribution < 1.29 is 4.74 Å². The molecule has 2 atom stereocenters. The van der Waals surface area contributed by atoms with Gasteiger partial charge in [-0.05, 0) is 43.6 Å². The fraction of sp³-hybridized carbons (Fsp3) is 0.857. The zero-order chi connectivity index (χ0) is 14.6. The SMILES string of the molecule is CC(C)(C)c1nnsc1C(CCCC1CCCO1)NN. The summed E-state index contributed by atoms with van der Waals surface area (Å²) < 4.78 is 9.78. The quantitative estimate of drug-likeness (QED) is 0.624. The smallest absolute Gasteiger partial charge is 0.0857 e. The molecule has 0 radical (unpaired) electrons. The molecular formula is C14H26N4OS. The van der Waals surface area contributed by atoms with Gasteiger partial charge >= 0.3 is 0 Å². The number of hydrazine groups is 1. The van der Waals surface area contributed by atoms with Crippen molar-refractivity contribution in [1.29, 1.82) is 0 Å². The first-order valence-corrected chi connectivity index (χ1v) is 8.20. The Bertz CT molecular complexity index is 410. The molecule has 0 amide bonds. The van der Waals surface area contributed by atoms with Crippen molar-refractivity contribution in [3.05, 3.63) is 10.6 Å². The fourth-order valence-electron chi connectivity index (χ4n) is 2.66. The number of hydrogen-bond acceptors (Lipinski definition) is 6. The maximum absolute atomic E-state index is 5.74. The second-order valence-corrected chi connectivity index (χ2v) is 7.31. The van der Waals surface area contributed by atoms with Gasteiger partial charge in [-0.15, -0.1) is 5.10 Å². The Morgan fingerprint density at radius 2 is 2.30 bits per heavy atom. The van der Waals surface area contributed by atoms with Crippen molar-refractivity contribution in [3.63, 3.8) is 0 Å². The van der Waals surface area contributed by atoms with E-state index in [0.29, 0.717) is 6.10 Å². The van der Waals surface area contributed by atoms with Crippen LogP contribution in [-0.4, -0.2) is 22.3 Å². The van der Waals surface area contributed by atoms with E-state index in [4.69, 9.17) is 10.6 Å². The van der Waals surface area contributed by atoms with E-state index in [1.807, 2.05) is 0 Å². The second-order valence-electron chi connectivity index (χ2n) is 6.52. The highest BCUT2D eigenvalue weighted by Gasteiger charge is 2.27. The molecule has 1 aromatic rings. The van der Waals surface area contributed by atoms with E-state index in [1.54, 1.807) is 0 Å². The molecule has 3 N–H and O–H groups in total. The summed E-state index contributed by atoms with van der Waals surface area (Å²) >= 11 is 1.46. The Hall–Kier alpha value is -0.560. The summed E-state index contributed by atoms with van der Waals surface area (Å²) in [6.07, 6.45) is 6.10. The van der Waals surface area contributed by atoms with Crippen LogP contribution in [0.1, 0.15) is 69.5 Å². The van der Waals surface area contributed by atoms with Gasteiger partial charge in [0, 0.05) is 12.0 Å². The molecule has 1 saturated heterocycles. The molecule has 0 saturated carbocycles. The molecule has 1 aliphatic rings. The van der Waals surface area contributed by atoms with Gasteiger partial charge in [0.15, 0.2) is 0 Å². The zero-order valence-corrected chi connectivity index (χ0v) is 13.5. The zero-order valence-electron chi connectivity index (χ0n) is 12.7. The number of ether oxygens (including phenoxy) is 1. The van der Waals surface area contributed by atoms with Crippen LogP contribution in [0.25, 0.3) is 0 Å². The predicted octanol–water partition coefficient (Wildman–Crippen LogP) is 2.69. The third kappa shape index (κ3) is 3.97. The first-order valence-electron chi connectivity index (χ1n) is 7.43. The van der Waals surface area contributed by atoms with Crippen molar-refractivity contribution in [2.24, 2.45) is 5.84 Å². The topological polar surface area (TPSA) is 73.1 Å². The molecule has 114 valence electrons. The molecule has 0 bridgehead atoms. The van der Waals surface area contributed by atoms with E-state index in [0.717, 1.165) is 31.6 Å². The van der Waals surface area contributed by atoms with Crippen LogP contribution in [0, 0.1) is 0 Å². The Morgan fingerprint density at radius 3 is 2.90 bits per heavy atom. The fourth-order valence-corrected chi connectivity index (χ4v) is 3.61. The Balaban J connectivity index is 1.92. The summed E-state index contributed by atoms with van der Waals surface area (Å²) in [6, 6.07) is 0.144. The van der Waals surface area contributed by atoms with E-state index in [-0.39, 0.29) is 11.5 Å². The highest BCUT2D eigenvalue weighted by atomic mass is 32.1. The predicted molar refractivity (Wildman–Crippen MR) is 81.5 cm³/mol. The lowest BCUT2D eigenvalue weighted by Crippen LogP contribution is -2.29. The molecule has 20 heavy (non-hydrogen) atoms. The monoisotopic (exact) mass is 298 g/mol. The van der Waals surface area contributed by atoms with Crippen molar-refractivity contribution in [2.45, 2.75) is 70.4 Å². The normalized spacial score (nSPS) is 21.3. The standard InChI is InChI=1S/C14H26N4OS/c1-14(2,3)13-12(20-18-17-13)11(16-15)8-4-6-10-7-5-9-19-10/h10-11,16H,4-9,15H2,1-3H3. The van der Waals surface area contributed by atoms with Crippen LogP contribution < -0.4 is 11.3 Å². The van der Waals surface area contributed by atoms with Crippen LogP contribution in [0.4, 0.5) is 0 Å². The summed E-state index contributed by atoms with van der Waals surface area (Å²) in [5.41, 5.74) is 4.00. The van der Waals surface area contributed by atoms with E-state index in [2.05, 4.69) is 35.8 Å². The van der Waals surface area contributed by atoms with Crippen molar-refractivity contribution in [2.75, 3.05) is 6.61 Å². The largest absolute Gasteiger partial charge is 0.378 e. The molecule has 0 aliphatic carbocycles. The van der Waals surface area contributed by atoms with Crippen LogP contribution >= 0.6 is 11.5 Å². The average Bonchev–Trinajstić information content (AvgIpc) is 3.04. The van der Waals surface area contributed by atoms with E-state index < -0.39 is 0 Å². The van der Waals surface area contributed by atoms with Gasteiger partial charge in [-0.25, -0.2) is 0 Å². The van der Waals surface area contributed by atoms with Crippen LogP contribution in [0.15, 0.2) is 0 Å². The number of nitrogens with two attached hydrogens (primary N) is 1. The van der Waals surface area contributed by atoms with Crippen LogP contribution in [0.5, 0.6) is 0 Å². The maximum atomic E-state index is 5.74. The highest BCUT2D eigenvalue weighted by Crippen LogP contribution is 2.32. The Morgan fingerprint density at radius 1 is 1.50 bits per heavy atom. The summed E-state index contributed by atoms with van der Waals surface area (Å²) in [7, 11) is 0. The lowest BCUT2D eigenvalue weighted by Gasteiger charge is -2.21. The number of rotatable bonds is 6. The summed E-state index contributed by atoms with van der Waals surface area (Å²) in [6.45, 7) is 7.41. The summed E-state index contributed by atoms with van der Waals surface area (Å²) in [4.78, 5) is 1.17. The molecule has 1 fully saturated rings. The molecule has 0 spiro atoms. The molecule has 2 rings (SSSR count). The number of aromatic nitrogens is 2. The van der Waals surface area contributed by atoms with E-state index in [1.165, 1.54) is 29.3 Å². The van der Waals surface area contributed by atoms with Gasteiger partial charge in [0.1, 0.15) is 0 Å². The Kier molecular flexibility index (Phi) is 5.49. The molecule has 1 aliphatic heterocycles. The summed E-state index contributed by atoms with van der Waals surface area (Å²) in [5, 5.41) is 4.29. The highest BCUT2D eigenvalue weighted by molar-refractivity contribution is 7.05. The second kappa shape index (κ2) is 6.93. The van der Waals surface area contributed by atoms with Crippen LogP contribution in [0.2, 0.25) is 0 Å². The third-order valence-electron chi connectivity index (χ3n) is 3.78. The van der Waals surface area contributed by atoms with Gasteiger partial charge in [0.2, 0.25) is 0 Å². The van der Waals surface area contributed by atoms with Crippen LogP contribution in [0.3, 0.4) is 0 Å². The molecule has 0 aromatic carbocycles. The average molecular weight is 298 g/mol. The molecule has 5 nitrogen and oxygen atoms in total.